The Morgan fingerprint density at radius 3 is 2.44 bits per heavy atom. The van der Waals surface area contributed by atoms with E-state index in [1.807, 2.05) is 0 Å². The number of nitro benzene ring substituents is 1. The minimum absolute atomic E-state index is 0.154. The number of phenols is 1. The van der Waals surface area contributed by atoms with Crippen molar-refractivity contribution in [3.05, 3.63) is 33.9 Å². The fourth-order valence-electron chi connectivity index (χ4n) is 2.60. The van der Waals surface area contributed by atoms with Gasteiger partial charge >= 0.3 is 5.97 Å². The number of non-ortho nitro benzene ring substituents is 1. The Morgan fingerprint density at radius 2 is 1.94 bits per heavy atom. The average Bonchev–Trinajstić information content (AvgIpc) is 2.79. The van der Waals surface area contributed by atoms with Crippen LogP contribution in [0.5, 0.6) is 5.75 Å². The zero-order chi connectivity index (χ0) is 13.3. The molecule has 1 saturated carbocycles. The molecule has 18 heavy (non-hydrogen) atoms. The van der Waals surface area contributed by atoms with Gasteiger partial charge in [0.05, 0.1) is 10.3 Å². The van der Waals surface area contributed by atoms with Crippen molar-refractivity contribution in [3.63, 3.8) is 0 Å². The van der Waals surface area contributed by atoms with Crippen molar-refractivity contribution >= 4 is 11.7 Å². The van der Waals surface area contributed by atoms with Crippen molar-refractivity contribution in [2.45, 2.75) is 31.1 Å². The smallest absolute Gasteiger partial charge is 0.314 e. The number of phenolic OH excluding ortho intramolecular Hbond substituents is 1. The van der Waals surface area contributed by atoms with Gasteiger partial charge in [0.25, 0.3) is 5.69 Å². The molecule has 1 aromatic rings. The van der Waals surface area contributed by atoms with E-state index in [4.69, 9.17) is 0 Å². The summed E-state index contributed by atoms with van der Waals surface area (Å²) in [6.45, 7) is 0. The van der Waals surface area contributed by atoms with Crippen molar-refractivity contribution in [1.82, 2.24) is 0 Å². The molecule has 0 heterocycles. The largest absolute Gasteiger partial charge is 0.508 e. The first-order valence-corrected chi connectivity index (χ1v) is 5.69. The van der Waals surface area contributed by atoms with E-state index >= 15 is 0 Å². The molecule has 0 saturated heterocycles. The summed E-state index contributed by atoms with van der Waals surface area (Å²) in [5, 5.41) is 29.9. The van der Waals surface area contributed by atoms with Gasteiger partial charge in [-0.25, -0.2) is 0 Å². The molecule has 1 aliphatic carbocycles. The van der Waals surface area contributed by atoms with Gasteiger partial charge in [-0.3, -0.25) is 14.9 Å². The van der Waals surface area contributed by atoms with Gasteiger partial charge < -0.3 is 10.2 Å². The molecule has 0 atom stereocenters. The number of carboxylic acid groups (broad SMARTS) is 1. The Kier molecular flexibility index (Phi) is 2.94. The minimum atomic E-state index is -1.18. The van der Waals surface area contributed by atoms with E-state index in [0.29, 0.717) is 12.8 Å². The average molecular weight is 251 g/mol. The molecule has 1 aromatic carbocycles. The summed E-state index contributed by atoms with van der Waals surface area (Å²) in [4.78, 5) is 21.6. The molecule has 96 valence electrons. The van der Waals surface area contributed by atoms with Gasteiger partial charge in [0.2, 0.25) is 0 Å². The molecule has 0 bridgehead atoms. The van der Waals surface area contributed by atoms with E-state index in [1.54, 1.807) is 0 Å². The molecule has 0 aliphatic heterocycles. The second-order valence-electron chi connectivity index (χ2n) is 4.55. The topological polar surface area (TPSA) is 101 Å². The van der Waals surface area contributed by atoms with Gasteiger partial charge in [0, 0.05) is 17.7 Å². The quantitative estimate of drug-likeness (QED) is 0.633. The van der Waals surface area contributed by atoms with Crippen LogP contribution in [0.15, 0.2) is 18.2 Å². The molecule has 0 spiro atoms. The Balaban J connectivity index is 2.57. The van der Waals surface area contributed by atoms with Crippen LogP contribution in [-0.2, 0) is 10.2 Å². The highest BCUT2D eigenvalue weighted by atomic mass is 16.6. The summed E-state index contributed by atoms with van der Waals surface area (Å²) >= 11 is 0. The van der Waals surface area contributed by atoms with Crippen LogP contribution in [0.3, 0.4) is 0 Å². The van der Waals surface area contributed by atoms with Crippen LogP contribution in [0.25, 0.3) is 0 Å². The van der Waals surface area contributed by atoms with Crippen LogP contribution in [0.4, 0.5) is 5.69 Å². The van der Waals surface area contributed by atoms with E-state index in [1.165, 1.54) is 18.2 Å². The molecule has 1 fully saturated rings. The maximum Gasteiger partial charge on any atom is 0.314 e. The second kappa shape index (κ2) is 4.29. The number of rotatable bonds is 3. The minimum Gasteiger partial charge on any atom is -0.508 e. The summed E-state index contributed by atoms with van der Waals surface area (Å²) in [6.07, 6.45) is 2.29. The van der Waals surface area contributed by atoms with E-state index in [0.717, 1.165) is 12.8 Å². The predicted octanol–water partition coefficient (Wildman–Crippen LogP) is 2.20. The molecule has 1 aliphatic rings. The van der Waals surface area contributed by atoms with Crippen molar-refractivity contribution in [3.8, 4) is 5.75 Å². The van der Waals surface area contributed by atoms with Gasteiger partial charge in [0.15, 0.2) is 0 Å². The predicted molar refractivity (Wildman–Crippen MR) is 62.5 cm³/mol. The fourth-order valence-corrected chi connectivity index (χ4v) is 2.60. The number of carbonyl (C=O) groups is 1. The maximum atomic E-state index is 11.5. The maximum absolute atomic E-state index is 11.5. The Hall–Kier alpha value is -2.11. The lowest BCUT2D eigenvalue weighted by molar-refractivity contribution is -0.385. The SMILES string of the molecule is O=C(O)C1(c2cc([N+](=O)[O-])ccc2O)CCCC1. The lowest BCUT2D eigenvalue weighted by Gasteiger charge is -2.24. The second-order valence-corrected chi connectivity index (χ2v) is 4.55. The van der Waals surface area contributed by atoms with Crippen LogP contribution >= 0.6 is 0 Å². The third-order valence-corrected chi connectivity index (χ3v) is 3.57. The highest BCUT2D eigenvalue weighted by Crippen LogP contribution is 2.45. The highest BCUT2D eigenvalue weighted by molar-refractivity contribution is 5.83. The van der Waals surface area contributed by atoms with Crippen molar-refractivity contribution in [1.29, 1.82) is 0 Å². The monoisotopic (exact) mass is 251 g/mol. The molecule has 2 rings (SSSR count). The first-order chi connectivity index (χ1) is 8.47. The first-order valence-electron chi connectivity index (χ1n) is 5.69. The van der Waals surface area contributed by atoms with Crippen LogP contribution in [0.2, 0.25) is 0 Å². The molecule has 6 heteroatoms. The summed E-state index contributed by atoms with van der Waals surface area (Å²) in [6, 6.07) is 3.54. The summed E-state index contributed by atoms with van der Waals surface area (Å²) in [7, 11) is 0. The molecule has 0 radical (unpaired) electrons. The number of hydrogen-bond acceptors (Lipinski definition) is 4. The van der Waals surface area contributed by atoms with Gasteiger partial charge in [-0.05, 0) is 18.9 Å². The molecule has 0 amide bonds. The summed E-state index contributed by atoms with van der Waals surface area (Å²) in [5.74, 6) is -1.22. The van der Waals surface area contributed by atoms with Crippen molar-refractivity contribution in [2.24, 2.45) is 0 Å². The summed E-state index contributed by atoms with van der Waals surface area (Å²) in [5.41, 5.74) is -1.23. The van der Waals surface area contributed by atoms with Gasteiger partial charge in [-0.2, -0.15) is 0 Å². The van der Waals surface area contributed by atoms with Crippen LogP contribution in [-0.4, -0.2) is 21.1 Å². The molecule has 6 nitrogen and oxygen atoms in total. The lowest BCUT2D eigenvalue weighted by Crippen LogP contribution is -2.32. The lowest BCUT2D eigenvalue weighted by atomic mass is 9.78. The Morgan fingerprint density at radius 1 is 1.33 bits per heavy atom. The third-order valence-electron chi connectivity index (χ3n) is 3.57. The molecule has 2 N–H and O–H groups in total. The number of hydrogen-bond donors (Lipinski definition) is 2. The van der Waals surface area contributed by atoms with Crippen molar-refractivity contribution in [2.75, 3.05) is 0 Å². The number of aliphatic carboxylic acids is 1. The first kappa shape index (κ1) is 12.3. The number of aromatic hydroxyl groups is 1. The zero-order valence-corrected chi connectivity index (χ0v) is 9.63. The fraction of sp³-hybridized carbons (Fsp3) is 0.417. The molecular formula is C12H13NO5. The highest BCUT2D eigenvalue weighted by Gasteiger charge is 2.45. The Labute approximate surface area is 103 Å². The van der Waals surface area contributed by atoms with Gasteiger partial charge in [-0.1, -0.05) is 12.8 Å². The number of nitro groups is 1. The van der Waals surface area contributed by atoms with Crippen LogP contribution < -0.4 is 0 Å². The van der Waals surface area contributed by atoms with Gasteiger partial charge in [0.1, 0.15) is 5.75 Å². The van der Waals surface area contributed by atoms with E-state index < -0.39 is 16.3 Å². The standard InChI is InChI=1S/C12H13NO5/c14-10-4-3-8(13(17)18)7-9(10)12(11(15)16)5-1-2-6-12/h3-4,7,14H,1-2,5-6H2,(H,15,16). The number of carboxylic acids is 1. The molecule has 0 aromatic heterocycles. The van der Waals surface area contributed by atoms with E-state index in [9.17, 15) is 25.1 Å². The van der Waals surface area contributed by atoms with Crippen LogP contribution in [0.1, 0.15) is 31.2 Å². The van der Waals surface area contributed by atoms with E-state index in [2.05, 4.69) is 0 Å². The number of nitrogens with zero attached hydrogens (tertiary/aromatic N) is 1. The summed E-state index contributed by atoms with van der Waals surface area (Å²) < 4.78 is 0. The van der Waals surface area contributed by atoms with E-state index in [-0.39, 0.29) is 17.0 Å². The zero-order valence-electron chi connectivity index (χ0n) is 9.63. The van der Waals surface area contributed by atoms with Crippen LogP contribution in [0, 0.1) is 10.1 Å². The number of benzene rings is 1. The normalized spacial score (nSPS) is 17.6. The Bertz CT molecular complexity index is 505. The van der Waals surface area contributed by atoms with Gasteiger partial charge in [-0.15, -0.1) is 0 Å². The molecule has 0 unspecified atom stereocenters. The van der Waals surface area contributed by atoms with Crippen molar-refractivity contribution < 1.29 is 19.9 Å². The molecular weight excluding hydrogens is 238 g/mol. The third kappa shape index (κ3) is 1.79.